The number of methoxy groups -OCH3 is 1. The van der Waals surface area contributed by atoms with Crippen molar-refractivity contribution in [1.29, 1.82) is 0 Å². The molecule has 2 aromatic rings. The summed E-state index contributed by atoms with van der Waals surface area (Å²) >= 11 is 0. The SMILES string of the molecule is COc1ccccc1C[C@@H](NC(=O)c1ccc(OC(C)=O)cc1)C(N)=O. The minimum atomic E-state index is -0.896. The number of amides is 2. The minimum Gasteiger partial charge on any atom is -0.496 e. The Balaban J connectivity index is 2.10. The van der Waals surface area contributed by atoms with E-state index < -0.39 is 23.8 Å². The van der Waals surface area contributed by atoms with Crippen LogP contribution in [0, 0.1) is 0 Å². The Bertz CT molecular complexity index is 802. The molecule has 0 aliphatic carbocycles. The van der Waals surface area contributed by atoms with Crippen molar-refractivity contribution in [2.24, 2.45) is 5.73 Å². The lowest BCUT2D eigenvalue weighted by Gasteiger charge is -2.17. The third-order valence-corrected chi connectivity index (χ3v) is 3.64. The van der Waals surface area contributed by atoms with Gasteiger partial charge in [0, 0.05) is 18.9 Å². The van der Waals surface area contributed by atoms with Crippen LogP contribution in [-0.4, -0.2) is 30.9 Å². The number of hydrogen-bond acceptors (Lipinski definition) is 5. The monoisotopic (exact) mass is 356 g/mol. The van der Waals surface area contributed by atoms with Crippen molar-refractivity contribution >= 4 is 17.8 Å². The van der Waals surface area contributed by atoms with Crippen molar-refractivity contribution < 1.29 is 23.9 Å². The predicted octanol–water partition coefficient (Wildman–Crippen LogP) is 1.45. The average molecular weight is 356 g/mol. The second-order valence-corrected chi connectivity index (χ2v) is 5.56. The molecule has 3 N–H and O–H groups in total. The molecule has 0 saturated heterocycles. The molecule has 0 aromatic heterocycles. The number of carbonyl (C=O) groups is 3. The molecule has 26 heavy (non-hydrogen) atoms. The third kappa shape index (κ3) is 5.07. The minimum absolute atomic E-state index is 0.205. The lowest BCUT2D eigenvalue weighted by Crippen LogP contribution is -2.45. The first-order valence-electron chi connectivity index (χ1n) is 7.91. The normalized spacial score (nSPS) is 11.3. The smallest absolute Gasteiger partial charge is 0.308 e. The van der Waals surface area contributed by atoms with Crippen LogP contribution in [0.25, 0.3) is 0 Å². The standard InChI is InChI=1S/C19H20N2O5/c1-12(22)26-15-9-7-13(8-10-15)19(24)21-16(18(20)23)11-14-5-3-4-6-17(14)25-2/h3-10,16H,11H2,1-2H3,(H2,20,23)(H,21,24)/t16-/m1/s1. The first kappa shape index (κ1) is 19.0. The molecule has 2 amide bonds. The zero-order valence-corrected chi connectivity index (χ0v) is 14.5. The van der Waals surface area contributed by atoms with Crippen molar-refractivity contribution in [2.45, 2.75) is 19.4 Å². The summed E-state index contributed by atoms with van der Waals surface area (Å²) in [6.07, 6.45) is 0.205. The van der Waals surface area contributed by atoms with E-state index in [-0.39, 0.29) is 6.42 Å². The molecule has 0 saturated carbocycles. The average Bonchev–Trinajstić information content (AvgIpc) is 2.61. The van der Waals surface area contributed by atoms with Crippen LogP contribution in [0.15, 0.2) is 48.5 Å². The second kappa shape index (κ2) is 8.66. The summed E-state index contributed by atoms with van der Waals surface area (Å²) in [6.45, 7) is 1.29. The van der Waals surface area contributed by atoms with Crippen molar-refractivity contribution in [2.75, 3.05) is 7.11 Å². The molecule has 0 bridgehead atoms. The van der Waals surface area contributed by atoms with Gasteiger partial charge in [0.25, 0.3) is 5.91 Å². The fourth-order valence-corrected chi connectivity index (χ4v) is 2.40. The van der Waals surface area contributed by atoms with Crippen molar-refractivity contribution in [1.82, 2.24) is 5.32 Å². The maximum atomic E-state index is 12.4. The highest BCUT2D eigenvalue weighted by atomic mass is 16.5. The highest BCUT2D eigenvalue weighted by Crippen LogP contribution is 2.19. The number of carbonyl (C=O) groups excluding carboxylic acids is 3. The molecular formula is C19H20N2O5. The summed E-state index contributed by atoms with van der Waals surface area (Å²) in [5.41, 5.74) is 6.50. The Morgan fingerprint density at radius 1 is 1.08 bits per heavy atom. The Morgan fingerprint density at radius 3 is 2.31 bits per heavy atom. The zero-order valence-electron chi connectivity index (χ0n) is 14.5. The number of esters is 1. The lowest BCUT2D eigenvalue weighted by atomic mass is 10.0. The van der Waals surface area contributed by atoms with Crippen molar-refractivity contribution in [3.63, 3.8) is 0 Å². The number of para-hydroxylation sites is 1. The number of rotatable bonds is 7. The van der Waals surface area contributed by atoms with Gasteiger partial charge in [-0.25, -0.2) is 0 Å². The fourth-order valence-electron chi connectivity index (χ4n) is 2.40. The van der Waals surface area contributed by atoms with Gasteiger partial charge in [0.15, 0.2) is 0 Å². The maximum Gasteiger partial charge on any atom is 0.308 e. The molecule has 0 heterocycles. The first-order valence-corrected chi connectivity index (χ1v) is 7.91. The van der Waals surface area contributed by atoms with Gasteiger partial charge in [-0.3, -0.25) is 14.4 Å². The van der Waals surface area contributed by atoms with E-state index in [1.54, 1.807) is 12.1 Å². The van der Waals surface area contributed by atoms with E-state index in [9.17, 15) is 14.4 Å². The van der Waals surface area contributed by atoms with Gasteiger partial charge in [-0.05, 0) is 35.9 Å². The summed E-state index contributed by atoms with van der Waals surface area (Å²) in [6, 6.07) is 12.3. The Morgan fingerprint density at radius 2 is 1.73 bits per heavy atom. The summed E-state index contributed by atoms with van der Waals surface area (Å²) in [5, 5.41) is 2.62. The Labute approximate surface area is 151 Å². The first-order chi connectivity index (χ1) is 12.4. The van der Waals surface area contributed by atoms with Crippen LogP contribution >= 0.6 is 0 Å². The molecule has 0 spiro atoms. The van der Waals surface area contributed by atoms with Crippen LogP contribution in [0.3, 0.4) is 0 Å². The van der Waals surface area contributed by atoms with Gasteiger partial charge in [0.1, 0.15) is 17.5 Å². The molecule has 0 radical (unpaired) electrons. The Hall–Kier alpha value is -3.35. The molecule has 7 heteroatoms. The van der Waals surface area contributed by atoms with Crippen LogP contribution in [0.5, 0.6) is 11.5 Å². The van der Waals surface area contributed by atoms with Crippen LogP contribution in [-0.2, 0) is 16.0 Å². The molecule has 7 nitrogen and oxygen atoms in total. The number of nitrogens with one attached hydrogen (secondary N) is 1. The van der Waals surface area contributed by atoms with E-state index in [0.29, 0.717) is 17.1 Å². The summed E-state index contributed by atoms with van der Waals surface area (Å²) < 4.78 is 10.2. The Kier molecular flexibility index (Phi) is 6.32. The quantitative estimate of drug-likeness (QED) is 0.577. The van der Waals surface area contributed by atoms with E-state index in [1.807, 2.05) is 12.1 Å². The predicted molar refractivity (Wildman–Crippen MR) is 94.9 cm³/mol. The fraction of sp³-hybridized carbons (Fsp3) is 0.211. The molecule has 2 aromatic carbocycles. The largest absolute Gasteiger partial charge is 0.496 e. The van der Waals surface area contributed by atoms with Crippen LogP contribution in [0.4, 0.5) is 0 Å². The molecule has 0 unspecified atom stereocenters. The summed E-state index contributed by atoms with van der Waals surface area (Å²) in [5.74, 6) is -0.625. The summed E-state index contributed by atoms with van der Waals surface area (Å²) in [4.78, 5) is 35.0. The molecular weight excluding hydrogens is 336 g/mol. The van der Waals surface area contributed by atoms with Crippen molar-refractivity contribution in [3.8, 4) is 11.5 Å². The molecule has 1 atom stereocenters. The second-order valence-electron chi connectivity index (χ2n) is 5.56. The van der Waals surface area contributed by atoms with Gasteiger partial charge in [-0.15, -0.1) is 0 Å². The number of benzene rings is 2. The molecule has 2 rings (SSSR count). The molecule has 0 fully saturated rings. The van der Waals surface area contributed by atoms with E-state index in [0.717, 1.165) is 5.56 Å². The highest BCUT2D eigenvalue weighted by molar-refractivity contribution is 5.97. The molecule has 0 aliphatic rings. The maximum absolute atomic E-state index is 12.4. The van der Waals surface area contributed by atoms with E-state index in [1.165, 1.54) is 38.3 Å². The highest BCUT2D eigenvalue weighted by Gasteiger charge is 2.21. The van der Waals surface area contributed by atoms with E-state index in [2.05, 4.69) is 5.32 Å². The van der Waals surface area contributed by atoms with Gasteiger partial charge in [-0.2, -0.15) is 0 Å². The number of ether oxygens (including phenoxy) is 2. The van der Waals surface area contributed by atoms with Crippen LogP contribution < -0.4 is 20.5 Å². The lowest BCUT2D eigenvalue weighted by molar-refractivity contribution is -0.131. The number of primary amides is 1. The van der Waals surface area contributed by atoms with Gasteiger partial charge in [0.2, 0.25) is 5.91 Å². The third-order valence-electron chi connectivity index (χ3n) is 3.64. The molecule has 0 aliphatic heterocycles. The number of hydrogen-bond donors (Lipinski definition) is 2. The van der Waals surface area contributed by atoms with Gasteiger partial charge in [0.05, 0.1) is 7.11 Å². The van der Waals surface area contributed by atoms with Gasteiger partial charge in [-0.1, -0.05) is 18.2 Å². The topological polar surface area (TPSA) is 108 Å². The van der Waals surface area contributed by atoms with Gasteiger partial charge >= 0.3 is 5.97 Å². The van der Waals surface area contributed by atoms with Gasteiger partial charge < -0.3 is 20.5 Å². The van der Waals surface area contributed by atoms with E-state index >= 15 is 0 Å². The molecule has 136 valence electrons. The van der Waals surface area contributed by atoms with Crippen LogP contribution in [0.2, 0.25) is 0 Å². The zero-order chi connectivity index (χ0) is 19.1. The van der Waals surface area contributed by atoms with Crippen molar-refractivity contribution in [3.05, 3.63) is 59.7 Å². The van der Waals surface area contributed by atoms with E-state index in [4.69, 9.17) is 15.2 Å². The summed E-state index contributed by atoms with van der Waals surface area (Å²) in [7, 11) is 1.53. The number of nitrogens with two attached hydrogens (primary N) is 1. The van der Waals surface area contributed by atoms with Crippen LogP contribution in [0.1, 0.15) is 22.8 Å².